The standard InChI is InChI=1S/C11H19Br/c1-5-6-7-10(4)8-11(12)9(2)3/h8H,5-7H2,1-4H3/b10-8-. The summed E-state index contributed by atoms with van der Waals surface area (Å²) in [5, 5.41) is 0. The van der Waals surface area contributed by atoms with Crippen LogP contribution in [-0.2, 0) is 0 Å². The molecular weight excluding hydrogens is 212 g/mol. The Morgan fingerprint density at radius 2 is 1.83 bits per heavy atom. The van der Waals surface area contributed by atoms with Gasteiger partial charge in [0.1, 0.15) is 0 Å². The van der Waals surface area contributed by atoms with Gasteiger partial charge in [-0.25, -0.2) is 0 Å². The number of allylic oxidation sites excluding steroid dienone is 4. The fourth-order valence-corrected chi connectivity index (χ4v) is 1.28. The second-order valence-electron chi connectivity index (χ2n) is 3.44. The van der Waals surface area contributed by atoms with Crippen LogP contribution in [0.5, 0.6) is 0 Å². The molecule has 0 aromatic carbocycles. The first-order chi connectivity index (χ1) is 5.57. The second-order valence-corrected chi connectivity index (χ2v) is 4.30. The molecule has 0 atom stereocenters. The zero-order chi connectivity index (χ0) is 9.56. The summed E-state index contributed by atoms with van der Waals surface area (Å²) in [6.45, 7) is 8.66. The van der Waals surface area contributed by atoms with Gasteiger partial charge in [-0.1, -0.05) is 40.4 Å². The summed E-state index contributed by atoms with van der Waals surface area (Å²) in [5.74, 6) is 0. The Balaban J connectivity index is 4.08. The Bertz CT molecular complexity index is 183. The van der Waals surface area contributed by atoms with Gasteiger partial charge in [-0.05, 0) is 39.7 Å². The van der Waals surface area contributed by atoms with E-state index in [1.165, 1.54) is 34.9 Å². The molecule has 0 aliphatic carbocycles. The molecular formula is C11H19Br. The van der Waals surface area contributed by atoms with Crippen LogP contribution in [0.3, 0.4) is 0 Å². The summed E-state index contributed by atoms with van der Waals surface area (Å²) < 4.78 is 1.23. The lowest BCUT2D eigenvalue weighted by atomic mass is 10.1. The molecule has 0 rings (SSSR count). The number of unbranched alkanes of at least 4 members (excludes halogenated alkanes) is 1. The molecule has 0 heterocycles. The summed E-state index contributed by atoms with van der Waals surface area (Å²) in [5.41, 5.74) is 2.80. The number of hydrogen-bond acceptors (Lipinski definition) is 0. The highest BCUT2D eigenvalue weighted by Crippen LogP contribution is 2.17. The number of hydrogen-bond donors (Lipinski definition) is 0. The zero-order valence-electron chi connectivity index (χ0n) is 8.58. The van der Waals surface area contributed by atoms with Crippen LogP contribution in [0.15, 0.2) is 21.7 Å². The monoisotopic (exact) mass is 230 g/mol. The SMILES string of the molecule is CCCC/C(C)=C\C(Br)=C(C)C. The maximum atomic E-state index is 3.54. The maximum absolute atomic E-state index is 3.54. The topological polar surface area (TPSA) is 0 Å². The molecule has 0 aromatic heterocycles. The summed E-state index contributed by atoms with van der Waals surface area (Å²) in [7, 11) is 0. The fraction of sp³-hybridized carbons (Fsp3) is 0.636. The first-order valence-electron chi connectivity index (χ1n) is 4.58. The van der Waals surface area contributed by atoms with Crippen LogP contribution in [0, 0.1) is 0 Å². The molecule has 0 aliphatic rings. The van der Waals surface area contributed by atoms with Crippen molar-refractivity contribution in [1.29, 1.82) is 0 Å². The van der Waals surface area contributed by atoms with Crippen molar-refractivity contribution in [1.82, 2.24) is 0 Å². The Hall–Kier alpha value is -0.0400. The van der Waals surface area contributed by atoms with Gasteiger partial charge in [-0.2, -0.15) is 0 Å². The van der Waals surface area contributed by atoms with Gasteiger partial charge in [0.2, 0.25) is 0 Å². The van der Waals surface area contributed by atoms with E-state index in [1.807, 2.05) is 0 Å². The van der Waals surface area contributed by atoms with Crippen LogP contribution >= 0.6 is 15.9 Å². The van der Waals surface area contributed by atoms with Crippen LogP contribution in [0.1, 0.15) is 47.0 Å². The highest BCUT2D eigenvalue weighted by Gasteiger charge is 1.92. The minimum absolute atomic E-state index is 1.22. The third-order valence-corrected chi connectivity index (χ3v) is 2.80. The zero-order valence-corrected chi connectivity index (χ0v) is 10.2. The Morgan fingerprint density at radius 3 is 2.25 bits per heavy atom. The normalized spacial score (nSPS) is 11.6. The van der Waals surface area contributed by atoms with Crippen molar-refractivity contribution in [3.8, 4) is 0 Å². The van der Waals surface area contributed by atoms with Crippen molar-refractivity contribution in [3.63, 3.8) is 0 Å². The Labute approximate surface area is 84.9 Å². The average Bonchev–Trinajstić information content (AvgIpc) is 2.00. The summed E-state index contributed by atoms with van der Waals surface area (Å²) in [4.78, 5) is 0. The van der Waals surface area contributed by atoms with Gasteiger partial charge < -0.3 is 0 Å². The molecule has 0 radical (unpaired) electrons. The molecule has 12 heavy (non-hydrogen) atoms. The van der Waals surface area contributed by atoms with Gasteiger partial charge in [0, 0.05) is 4.48 Å². The average molecular weight is 231 g/mol. The van der Waals surface area contributed by atoms with Gasteiger partial charge in [0.15, 0.2) is 0 Å². The van der Waals surface area contributed by atoms with Gasteiger partial charge in [-0.3, -0.25) is 0 Å². The minimum atomic E-state index is 1.22. The van der Waals surface area contributed by atoms with E-state index in [-0.39, 0.29) is 0 Å². The van der Waals surface area contributed by atoms with E-state index >= 15 is 0 Å². The van der Waals surface area contributed by atoms with Crippen molar-refractivity contribution in [2.75, 3.05) is 0 Å². The predicted molar refractivity (Wildman–Crippen MR) is 60.6 cm³/mol. The Morgan fingerprint density at radius 1 is 1.25 bits per heavy atom. The van der Waals surface area contributed by atoms with Crippen LogP contribution < -0.4 is 0 Å². The van der Waals surface area contributed by atoms with Crippen molar-refractivity contribution in [2.45, 2.75) is 47.0 Å². The summed E-state index contributed by atoms with van der Waals surface area (Å²) in [6, 6.07) is 0. The van der Waals surface area contributed by atoms with Crippen molar-refractivity contribution < 1.29 is 0 Å². The quantitative estimate of drug-likeness (QED) is 0.609. The lowest BCUT2D eigenvalue weighted by molar-refractivity contribution is 0.787. The van der Waals surface area contributed by atoms with Gasteiger partial charge >= 0.3 is 0 Å². The second kappa shape index (κ2) is 6.47. The molecule has 1 heteroatoms. The van der Waals surface area contributed by atoms with Crippen molar-refractivity contribution in [3.05, 3.63) is 21.7 Å². The lowest BCUT2D eigenvalue weighted by Crippen LogP contribution is -1.79. The number of rotatable bonds is 4. The van der Waals surface area contributed by atoms with Gasteiger partial charge in [-0.15, -0.1) is 0 Å². The fourth-order valence-electron chi connectivity index (χ4n) is 0.888. The van der Waals surface area contributed by atoms with Crippen molar-refractivity contribution >= 4 is 15.9 Å². The van der Waals surface area contributed by atoms with E-state index in [2.05, 4.69) is 49.7 Å². The molecule has 0 saturated heterocycles. The molecule has 70 valence electrons. The predicted octanol–water partition coefficient (Wildman–Crippen LogP) is 4.81. The summed E-state index contributed by atoms with van der Waals surface area (Å²) >= 11 is 3.54. The highest BCUT2D eigenvalue weighted by atomic mass is 79.9. The third kappa shape index (κ3) is 5.59. The van der Waals surface area contributed by atoms with E-state index in [0.717, 1.165) is 0 Å². The molecule has 0 saturated carbocycles. The van der Waals surface area contributed by atoms with Crippen LogP contribution in [0.4, 0.5) is 0 Å². The first-order valence-corrected chi connectivity index (χ1v) is 5.37. The van der Waals surface area contributed by atoms with Crippen LogP contribution in [-0.4, -0.2) is 0 Å². The van der Waals surface area contributed by atoms with Crippen LogP contribution in [0.25, 0.3) is 0 Å². The molecule has 0 bridgehead atoms. The maximum Gasteiger partial charge on any atom is 0.0161 e. The molecule has 0 N–H and O–H groups in total. The number of halogens is 1. The molecule has 0 spiro atoms. The van der Waals surface area contributed by atoms with E-state index in [1.54, 1.807) is 0 Å². The molecule has 0 amide bonds. The summed E-state index contributed by atoms with van der Waals surface area (Å²) in [6.07, 6.45) is 6.02. The first kappa shape index (κ1) is 12.0. The molecule has 0 aromatic rings. The van der Waals surface area contributed by atoms with E-state index < -0.39 is 0 Å². The van der Waals surface area contributed by atoms with Gasteiger partial charge in [0.05, 0.1) is 0 Å². The largest absolute Gasteiger partial charge is 0.0722 e. The third-order valence-electron chi connectivity index (χ3n) is 1.78. The smallest absolute Gasteiger partial charge is 0.0161 e. The molecule has 0 nitrogen and oxygen atoms in total. The lowest BCUT2D eigenvalue weighted by Gasteiger charge is -2.00. The van der Waals surface area contributed by atoms with E-state index in [4.69, 9.17) is 0 Å². The molecule has 0 aliphatic heterocycles. The minimum Gasteiger partial charge on any atom is -0.0722 e. The van der Waals surface area contributed by atoms with E-state index in [0.29, 0.717) is 0 Å². The van der Waals surface area contributed by atoms with E-state index in [9.17, 15) is 0 Å². The highest BCUT2D eigenvalue weighted by molar-refractivity contribution is 9.11. The van der Waals surface area contributed by atoms with Crippen LogP contribution in [0.2, 0.25) is 0 Å². The van der Waals surface area contributed by atoms with Crippen molar-refractivity contribution in [2.24, 2.45) is 0 Å². The Kier molecular flexibility index (Phi) is 6.45. The molecule has 0 unspecified atom stereocenters. The molecule has 0 fully saturated rings. The van der Waals surface area contributed by atoms with Gasteiger partial charge in [0.25, 0.3) is 0 Å².